The van der Waals surface area contributed by atoms with Crippen molar-refractivity contribution in [3.63, 3.8) is 0 Å². The van der Waals surface area contributed by atoms with Gasteiger partial charge < -0.3 is 4.74 Å². The molecule has 3 heteroatoms. The number of hydrogen-bond acceptors (Lipinski definition) is 3. The lowest BCUT2D eigenvalue weighted by atomic mass is 10.1. The van der Waals surface area contributed by atoms with E-state index in [1.165, 1.54) is 0 Å². The summed E-state index contributed by atoms with van der Waals surface area (Å²) in [6, 6.07) is 18.9. The van der Waals surface area contributed by atoms with E-state index in [0.29, 0.717) is 17.1 Å². The minimum absolute atomic E-state index is 0.375. The molecule has 2 aromatic rings. The second-order valence-electron chi connectivity index (χ2n) is 3.61. The van der Waals surface area contributed by atoms with Crippen molar-refractivity contribution in [2.45, 2.75) is 0 Å². The molecule has 0 atom stereocenters. The first-order valence-corrected chi connectivity index (χ1v) is 5.52. The lowest BCUT2D eigenvalue weighted by Gasteiger charge is -2.04. The van der Waals surface area contributed by atoms with E-state index in [-0.39, 0.29) is 0 Å². The quantitative estimate of drug-likeness (QED) is 0.767. The fourth-order valence-corrected chi connectivity index (χ4v) is 1.59. The van der Waals surface area contributed by atoms with Gasteiger partial charge in [0, 0.05) is 5.56 Å². The highest BCUT2D eigenvalue weighted by Gasteiger charge is 2.04. The number of nitriles is 1. The molecule has 0 N–H and O–H groups in total. The van der Waals surface area contributed by atoms with E-state index in [9.17, 15) is 5.26 Å². The predicted octanol–water partition coefficient (Wildman–Crippen LogP) is 3.34. The SMILES string of the molecule is COc1ccccc1/N=C(\C#N)c1ccccc1. The number of rotatable bonds is 3. The fourth-order valence-electron chi connectivity index (χ4n) is 1.59. The zero-order valence-electron chi connectivity index (χ0n) is 10.00. The average Bonchev–Trinajstić information content (AvgIpc) is 2.46. The van der Waals surface area contributed by atoms with Gasteiger partial charge in [-0.15, -0.1) is 0 Å². The fraction of sp³-hybridized carbons (Fsp3) is 0.0667. The van der Waals surface area contributed by atoms with Crippen LogP contribution >= 0.6 is 0 Å². The number of methoxy groups -OCH3 is 1. The van der Waals surface area contributed by atoms with Crippen molar-refractivity contribution >= 4 is 11.4 Å². The third kappa shape index (κ3) is 2.55. The minimum Gasteiger partial charge on any atom is -0.494 e. The molecule has 0 aromatic heterocycles. The van der Waals surface area contributed by atoms with Gasteiger partial charge in [-0.05, 0) is 12.1 Å². The first-order valence-electron chi connectivity index (χ1n) is 5.52. The minimum atomic E-state index is 0.375. The van der Waals surface area contributed by atoms with Crippen molar-refractivity contribution in [2.24, 2.45) is 4.99 Å². The van der Waals surface area contributed by atoms with Crippen LogP contribution in [-0.2, 0) is 0 Å². The van der Waals surface area contributed by atoms with E-state index >= 15 is 0 Å². The third-order valence-corrected chi connectivity index (χ3v) is 2.47. The summed E-state index contributed by atoms with van der Waals surface area (Å²) in [6.07, 6.45) is 0. The first kappa shape index (κ1) is 11.9. The van der Waals surface area contributed by atoms with Crippen LogP contribution in [0.5, 0.6) is 5.75 Å². The van der Waals surface area contributed by atoms with Crippen LogP contribution in [0.4, 0.5) is 5.69 Å². The maximum absolute atomic E-state index is 9.18. The average molecular weight is 236 g/mol. The summed E-state index contributed by atoms with van der Waals surface area (Å²) < 4.78 is 5.21. The zero-order valence-corrected chi connectivity index (χ0v) is 10.00. The Morgan fingerprint density at radius 3 is 2.39 bits per heavy atom. The molecule has 3 nitrogen and oxygen atoms in total. The van der Waals surface area contributed by atoms with Gasteiger partial charge in [0.15, 0.2) is 0 Å². The zero-order chi connectivity index (χ0) is 12.8. The molecule has 0 saturated carbocycles. The standard InChI is InChI=1S/C15H12N2O/c1-18-15-10-6-5-9-13(15)17-14(11-16)12-7-3-2-4-8-12/h2-10H,1H3/b17-14+. The Morgan fingerprint density at radius 2 is 1.72 bits per heavy atom. The summed E-state index contributed by atoms with van der Waals surface area (Å²) in [5.74, 6) is 0.654. The lowest BCUT2D eigenvalue weighted by molar-refractivity contribution is 0.416. The number of hydrogen-bond donors (Lipinski definition) is 0. The summed E-state index contributed by atoms with van der Waals surface area (Å²) in [7, 11) is 1.59. The molecule has 0 amide bonds. The van der Waals surface area contributed by atoms with E-state index in [4.69, 9.17) is 4.74 Å². The molecular formula is C15H12N2O. The van der Waals surface area contributed by atoms with E-state index in [1.807, 2.05) is 54.6 Å². The molecule has 0 radical (unpaired) electrons. The van der Waals surface area contributed by atoms with Crippen LogP contribution in [-0.4, -0.2) is 12.8 Å². The van der Waals surface area contributed by atoms with Gasteiger partial charge in [-0.3, -0.25) is 0 Å². The first-order chi connectivity index (χ1) is 8.85. The number of aliphatic imine (C=N–C) groups is 1. The third-order valence-electron chi connectivity index (χ3n) is 2.47. The molecular weight excluding hydrogens is 224 g/mol. The van der Waals surface area contributed by atoms with Gasteiger partial charge in [-0.2, -0.15) is 5.26 Å². The molecule has 88 valence electrons. The monoisotopic (exact) mass is 236 g/mol. The Hall–Kier alpha value is -2.60. The van der Waals surface area contributed by atoms with E-state index in [0.717, 1.165) is 5.56 Å². The van der Waals surface area contributed by atoms with Gasteiger partial charge in [0.25, 0.3) is 0 Å². The lowest BCUT2D eigenvalue weighted by Crippen LogP contribution is -1.96. The van der Waals surface area contributed by atoms with Crippen molar-refractivity contribution in [3.05, 3.63) is 60.2 Å². The van der Waals surface area contributed by atoms with Gasteiger partial charge >= 0.3 is 0 Å². The highest BCUT2D eigenvalue weighted by Crippen LogP contribution is 2.27. The Balaban J connectivity index is 2.45. The van der Waals surface area contributed by atoms with Crippen LogP contribution in [0.25, 0.3) is 0 Å². The Kier molecular flexibility index (Phi) is 3.72. The van der Waals surface area contributed by atoms with Crippen LogP contribution in [0.15, 0.2) is 59.6 Å². The molecule has 2 rings (SSSR count). The summed E-state index contributed by atoms with van der Waals surface area (Å²) >= 11 is 0. The van der Waals surface area contributed by atoms with Gasteiger partial charge in [-0.25, -0.2) is 4.99 Å². The van der Waals surface area contributed by atoms with Crippen molar-refractivity contribution < 1.29 is 4.74 Å². The molecule has 0 aliphatic heterocycles. The molecule has 0 spiro atoms. The largest absolute Gasteiger partial charge is 0.494 e. The molecule has 0 aliphatic rings. The summed E-state index contributed by atoms with van der Waals surface area (Å²) in [4.78, 5) is 4.35. The number of benzene rings is 2. The molecule has 0 aliphatic carbocycles. The maximum atomic E-state index is 9.18. The Labute approximate surface area is 106 Å². The van der Waals surface area contributed by atoms with Crippen LogP contribution in [0.2, 0.25) is 0 Å². The van der Waals surface area contributed by atoms with Crippen molar-refractivity contribution in [3.8, 4) is 11.8 Å². The highest BCUT2D eigenvalue weighted by molar-refractivity contribution is 6.12. The van der Waals surface area contributed by atoms with Crippen molar-refractivity contribution in [1.29, 1.82) is 5.26 Å². The number of ether oxygens (including phenoxy) is 1. The van der Waals surface area contributed by atoms with Gasteiger partial charge in [0.1, 0.15) is 23.2 Å². The smallest absolute Gasteiger partial charge is 0.148 e. The second kappa shape index (κ2) is 5.65. The van der Waals surface area contributed by atoms with E-state index in [2.05, 4.69) is 11.1 Å². The Bertz CT molecular complexity index is 597. The molecule has 0 unspecified atom stereocenters. The van der Waals surface area contributed by atoms with Crippen LogP contribution in [0.3, 0.4) is 0 Å². The second-order valence-corrected chi connectivity index (χ2v) is 3.61. The molecule has 0 fully saturated rings. The summed E-state index contributed by atoms with van der Waals surface area (Å²) in [5.41, 5.74) is 1.83. The van der Waals surface area contributed by atoms with Gasteiger partial charge in [-0.1, -0.05) is 42.5 Å². The summed E-state index contributed by atoms with van der Waals surface area (Å²) in [6.45, 7) is 0. The highest BCUT2D eigenvalue weighted by atomic mass is 16.5. The predicted molar refractivity (Wildman–Crippen MR) is 71.2 cm³/mol. The molecule has 2 aromatic carbocycles. The van der Waals surface area contributed by atoms with Crippen LogP contribution in [0.1, 0.15) is 5.56 Å². The topological polar surface area (TPSA) is 45.4 Å². The molecule has 0 heterocycles. The molecule has 18 heavy (non-hydrogen) atoms. The van der Waals surface area contributed by atoms with Crippen LogP contribution in [0, 0.1) is 11.3 Å². The van der Waals surface area contributed by atoms with E-state index < -0.39 is 0 Å². The maximum Gasteiger partial charge on any atom is 0.148 e. The molecule has 0 bridgehead atoms. The Morgan fingerprint density at radius 1 is 1.06 bits per heavy atom. The van der Waals surface area contributed by atoms with Crippen molar-refractivity contribution in [1.82, 2.24) is 0 Å². The van der Waals surface area contributed by atoms with Gasteiger partial charge in [0.05, 0.1) is 7.11 Å². The van der Waals surface area contributed by atoms with E-state index in [1.54, 1.807) is 7.11 Å². The summed E-state index contributed by atoms with van der Waals surface area (Å²) in [5, 5.41) is 9.18. The number of nitrogens with zero attached hydrogens (tertiary/aromatic N) is 2. The van der Waals surface area contributed by atoms with Crippen LogP contribution < -0.4 is 4.74 Å². The normalized spacial score (nSPS) is 10.8. The van der Waals surface area contributed by atoms with Gasteiger partial charge in [0.2, 0.25) is 0 Å². The number of para-hydroxylation sites is 2. The molecule has 0 saturated heterocycles. The van der Waals surface area contributed by atoms with Crippen molar-refractivity contribution in [2.75, 3.05) is 7.11 Å².